The molecule has 0 aromatic heterocycles. The van der Waals surface area contributed by atoms with E-state index >= 15 is 0 Å². The van der Waals surface area contributed by atoms with Crippen LogP contribution in [-0.2, 0) is 4.74 Å². The van der Waals surface area contributed by atoms with E-state index in [1.807, 2.05) is 12.1 Å². The lowest BCUT2D eigenvalue weighted by Crippen LogP contribution is -2.15. The first-order valence-electron chi connectivity index (χ1n) is 7.33. The number of halogens is 1. The molecular formula is C16H26BrNO. The molecule has 108 valence electrons. The minimum atomic E-state index is 0.378. The van der Waals surface area contributed by atoms with Crippen LogP contribution in [0.1, 0.15) is 46.0 Å². The van der Waals surface area contributed by atoms with Crippen LogP contribution in [0.25, 0.3) is 0 Å². The van der Waals surface area contributed by atoms with E-state index in [0.717, 1.165) is 23.3 Å². The Labute approximate surface area is 126 Å². The van der Waals surface area contributed by atoms with Crippen molar-refractivity contribution in [1.29, 1.82) is 0 Å². The van der Waals surface area contributed by atoms with Crippen molar-refractivity contribution < 1.29 is 4.74 Å². The van der Waals surface area contributed by atoms with E-state index < -0.39 is 0 Å². The second-order valence-electron chi connectivity index (χ2n) is 4.96. The second kappa shape index (κ2) is 10.3. The Morgan fingerprint density at radius 2 is 1.89 bits per heavy atom. The van der Waals surface area contributed by atoms with E-state index in [0.29, 0.717) is 6.10 Å². The predicted octanol–water partition coefficient (Wildman–Crippen LogP) is 5.24. The molecule has 1 atom stereocenters. The second-order valence-corrected chi connectivity index (χ2v) is 5.88. The Morgan fingerprint density at radius 3 is 2.58 bits per heavy atom. The number of benzene rings is 1. The van der Waals surface area contributed by atoms with Gasteiger partial charge in [-0.25, -0.2) is 0 Å². The normalized spacial score (nSPS) is 12.4. The molecule has 0 aliphatic heterocycles. The van der Waals surface area contributed by atoms with Crippen LogP contribution < -0.4 is 5.32 Å². The molecule has 0 aliphatic rings. The van der Waals surface area contributed by atoms with Gasteiger partial charge in [0.1, 0.15) is 0 Å². The summed E-state index contributed by atoms with van der Waals surface area (Å²) in [6, 6.07) is 8.22. The quantitative estimate of drug-likeness (QED) is 0.593. The first-order valence-corrected chi connectivity index (χ1v) is 8.12. The first kappa shape index (κ1) is 16.5. The molecule has 1 rings (SSSR count). The van der Waals surface area contributed by atoms with Gasteiger partial charge in [0.15, 0.2) is 0 Å². The van der Waals surface area contributed by atoms with Crippen LogP contribution in [0.4, 0.5) is 5.69 Å². The minimum Gasteiger partial charge on any atom is -0.383 e. The molecule has 0 amide bonds. The zero-order valence-electron chi connectivity index (χ0n) is 12.1. The maximum Gasteiger partial charge on any atom is 0.0642 e. The molecule has 0 radical (unpaired) electrons. The fourth-order valence-corrected chi connectivity index (χ4v) is 2.23. The summed E-state index contributed by atoms with van der Waals surface area (Å²) in [4.78, 5) is 0. The van der Waals surface area contributed by atoms with Crippen molar-refractivity contribution in [2.75, 3.05) is 18.5 Å². The lowest BCUT2D eigenvalue weighted by atomic mass is 10.1. The molecule has 3 heteroatoms. The number of rotatable bonds is 10. The van der Waals surface area contributed by atoms with Gasteiger partial charge in [-0.3, -0.25) is 0 Å². The fraction of sp³-hybridized carbons (Fsp3) is 0.625. The molecule has 0 bridgehead atoms. The Morgan fingerprint density at radius 1 is 1.16 bits per heavy atom. The fourth-order valence-electron chi connectivity index (χ4n) is 1.97. The largest absolute Gasteiger partial charge is 0.383 e. The summed E-state index contributed by atoms with van der Waals surface area (Å²) in [7, 11) is 0. The summed E-state index contributed by atoms with van der Waals surface area (Å²) in [5, 5.41) is 3.36. The van der Waals surface area contributed by atoms with Crippen LogP contribution in [0.3, 0.4) is 0 Å². The Balaban J connectivity index is 2.02. The molecular weight excluding hydrogens is 302 g/mol. The summed E-state index contributed by atoms with van der Waals surface area (Å²) >= 11 is 3.43. The average Bonchev–Trinajstić information content (AvgIpc) is 2.42. The molecule has 2 nitrogen and oxygen atoms in total. The van der Waals surface area contributed by atoms with E-state index in [1.54, 1.807) is 0 Å². The Kier molecular flexibility index (Phi) is 8.93. The third-order valence-corrected chi connectivity index (χ3v) is 3.67. The Bertz CT molecular complexity index is 326. The van der Waals surface area contributed by atoms with E-state index in [1.165, 1.54) is 32.1 Å². The van der Waals surface area contributed by atoms with Gasteiger partial charge in [0.25, 0.3) is 0 Å². The summed E-state index contributed by atoms with van der Waals surface area (Å²) in [5.74, 6) is 0. The Hall–Kier alpha value is -0.540. The molecule has 0 heterocycles. The van der Waals surface area contributed by atoms with Crippen LogP contribution in [-0.4, -0.2) is 19.3 Å². The zero-order valence-corrected chi connectivity index (χ0v) is 13.7. The molecule has 0 saturated carbocycles. The number of hydrogen-bond acceptors (Lipinski definition) is 2. The van der Waals surface area contributed by atoms with Crippen molar-refractivity contribution in [2.24, 2.45) is 0 Å². The van der Waals surface area contributed by atoms with Crippen molar-refractivity contribution in [3.8, 4) is 0 Å². The molecule has 1 unspecified atom stereocenters. The van der Waals surface area contributed by atoms with Gasteiger partial charge < -0.3 is 10.1 Å². The van der Waals surface area contributed by atoms with Gasteiger partial charge in [-0.05, 0) is 37.6 Å². The van der Waals surface area contributed by atoms with Gasteiger partial charge >= 0.3 is 0 Å². The van der Waals surface area contributed by atoms with Gasteiger partial charge in [0.05, 0.1) is 12.7 Å². The third kappa shape index (κ3) is 8.27. The smallest absolute Gasteiger partial charge is 0.0642 e. The van der Waals surface area contributed by atoms with E-state index in [9.17, 15) is 0 Å². The molecule has 0 spiro atoms. The summed E-state index contributed by atoms with van der Waals surface area (Å²) in [6.07, 6.45) is 6.82. The van der Waals surface area contributed by atoms with Crippen molar-refractivity contribution in [3.05, 3.63) is 28.7 Å². The molecule has 0 saturated heterocycles. The number of anilines is 1. The van der Waals surface area contributed by atoms with Crippen LogP contribution in [0.15, 0.2) is 28.7 Å². The number of unbranched alkanes of at least 4 members (excludes halogenated alkanes) is 3. The van der Waals surface area contributed by atoms with Gasteiger partial charge in [-0.1, -0.05) is 48.5 Å². The highest BCUT2D eigenvalue weighted by Crippen LogP contribution is 2.13. The summed E-state index contributed by atoms with van der Waals surface area (Å²) in [5.41, 5.74) is 1.14. The number of nitrogens with one attached hydrogen (secondary N) is 1. The number of ether oxygens (including phenoxy) is 1. The summed E-state index contributed by atoms with van der Waals surface area (Å²) < 4.78 is 6.90. The van der Waals surface area contributed by atoms with E-state index in [4.69, 9.17) is 4.74 Å². The van der Waals surface area contributed by atoms with Crippen molar-refractivity contribution in [2.45, 2.75) is 52.1 Å². The van der Waals surface area contributed by atoms with Gasteiger partial charge in [-0.15, -0.1) is 0 Å². The lowest BCUT2D eigenvalue weighted by Gasteiger charge is -2.13. The monoisotopic (exact) mass is 327 g/mol. The molecule has 1 N–H and O–H groups in total. The maximum absolute atomic E-state index is 5.80. The minimum absolute atomic E-state index is 0.378. The molecule has 0 aliphatic carbocycles. The topological polar surface area (TPSA) is 21.3 Å². The van der Waals surface area contributed by atoms with Gasteiger partial charge in [0, 0.05) is 16.7 Å². The van der Waals surface area contributed by atoms with Crippen molar-refractivity contribution >= 4 is 21.6 Å². The SMILES string of the molecule is CCCCCCC(C)OCCNc1ccc(Br)cc1. The average molecular weight is 328 g/mol. The third-order valence-electron chi connectivity index (χ3n) is 3.14. The molecule has 1 aromatic carbocycles. The maximum atomic E-state index is 5.80. The number of hydrogen-bond donors (Lipinski definition) is 1. The predicted molar refractivity (Wildman–Crippen MR) is 86.8 cm³/mol. The zero-order chi connectivity index (χ0) is 13.9. The van der Waals surface area contributed by atoms with Crippen LogP contribution in [0.2, 0.25) is 0 Å². The highest BCUT2D eigenvalue weighted by Gasteiger charge is 2.01. The van der Waals surface area contributed by atoms with E-state index in [-0.39, 0.29) is 0 Å². The standard InChI is InChI=1S/C16H26BrNO/c1-3-4-5-6-7-14(2)19-13-12-18-16-10-8-15(17)9-11-16/h8-11,14,18H,3-7,12-13H2,1-2H3. The van der Waals surface area contributed by atoms with Crippen LogP contribution >= 0.6 is 15.9 Å². The van der Waals surface area contributed by atoms with Crippen LogP contribution in [0, 0.1) is 0 Å². The molecule has 19 heavy (non-hydrogen) atoms. The highest BCUT2D eigenvalue weighted by molar-refractivity contribution is 9.10. The lowest BCUT2D eigenvalue weighted by molar-refractivity contribution is 0.0658. The van der Waals surface area contributed by atoms with E-state index in [2.05, 4.69) is 47.2 Å². The van der Waals surface area contributed by atoms with Gasteiger partial charge in [-0.2, -0.15) is 0 Å². The molecule has 1 aromatic rings. The van der Waals surface area contributed by atoms with Crippen LogP contribution in [0.5, 0.6) is 0 Å². The summed E-state index contributed by atoms with van der Waals surface area (Å²) in [6.45, 7) is 6.05. The molecule has 0 fully saturated rings. The highest BCUT2D eigenvalue weighted by atomic mass is 79.9. The van der Waals surface area contributed by atoms with Gasteiger partial charge in [0.2, 0.25) is 0 Å². The van der Waals surface area contributed by atoms with Crippen molar-refractivity contribution in [3.63, 3.8) is 0 Å². The van der Waals surface area contributed by atoms with Crippen molar-refractivity contribution in [1.82, 2.24) is 0 Å². The first-order chi connectivity index (χ1) is 9.22.